The molecule has 0 aromatic rings. The molecule has 0 aromatic heterocycles. The fraction of sp³-hybridized carbons (Fsp3) is 0.792. The predicted molar refractivity (Wildman–Crippen MR) is 104 cm³/mol. The molecule has 142 valence electrons. The molecule has 0 aromatic carbocycles. The van der Waals surface area contributed by atoms with E-state index in [0.717, 1.165) is 43.6 Å². The summed E-state index contributed by atoms with van der Waals surface area (Å²) in [6.07, 6.45) is 15.1. The number of ether oxygens (including phenoxy) is 1. The van der Waals surface area contributed by atoms with Crippen LogP contribution in [0.25, 0.3) is 0 Å². The summed E-state index contributed by atoms with van der Waals surface area (Å²) in [5, 5.41) is 0. The largest absolute Gasteiger partial charge is 0.370 e. The van der Waals surface area contributed by atoms with Crippen molar-refractivity contribution in [1.82, 2.24) is 0 Å². The number of ketones is 1. The molecule has 5 rings (SSSR count). The van der Waals surface area contributed by atoms with E-state index in [1.165, 1.54) is 62.5 Å². The number of carbonyl (C=O) groups is 1. The lowest BCUT2D eigenvalue weighted by Gasteiger charge is -2.59. The zero-order chi connectivity index (χ0) is 17.9. The van der Waals surface area contributed by atoms with Crippen molar-refractivity contribution in [1.29, 1.82) is 0 Å². The van der Waals surface area contributed by atoms with Crippen LogP contribution < -0.4 is 0 Å². The van der Waals surface area contributed by atoms with Gasteiger partial charge < -0.3 is 4.74 Å². The first kappa shape index (κ1) is 17.2. The molecule has 1 saturated heterocycles. The lowest BCUT2D eigenvalue weighted by molar-refractivity contribution is -0.154. The smallest absolute Gasteiger partial charge is 0.155 e. The van der Waals surface area contributed by atoms with Gasteiger partial charge in [0.1, 0.15) is 0 Å². The van der Waals surface area contributed by atoms with Crippen molar-refractivity contribution >= 4 is 5.78 Å². The van der Waals surface area contributed by atoms with Crippen LogP contribution in [0.4, 0.5) is 0 Å². The van der Waals surface area contributed by atoms with Crippen molar-refractivity contribution in [3.05, 3.63) is 23.8 Å². The van der Waals surface area contributed by atoms with Crippen LogP contribution in [-0.4, -0.2) is 18.0 Å². The van der Waals surface area contributed by atoms with Gasteiger partial charge in [0, 0.05) is 18.4 Å². The van der Waals surface area contributed by atoms with Crippen molar-refractivity contribution in [2.24, 2.45) is 29.1 Å². The van der Waals surface area contributed by atoms with Crippen molar-refractivity contribution in [2.45, 2.75) is 83.2 Å². The minimum Gasteiger partial charge on any atom is -0.370 e. The third-order valence-corrected chi connectivity index (χ3v) is 9.29. The second-order valence-electron chi connectivity index (χ2n) is 9.77. The molecule has 2 heteroatoms. The Bertz CT molecular complexity index is 661. The highest BCUT2D eigenvalue weighted by atomic mass is 16.5. The molecule has 26 heavy (non-hydrogen) atoms. The van der Waals surface area contributed by atoms with E-state index in [9.17, 15) is 4.79 Å². The molecule has 2 nitrogen and oxygen atoms in total. The van der Waals surface area contributed by atoms with E-state index in [1.54, 1.807) is 0 Å². The van der Waals surface area contributed by atoms with Gasteiger partial charge in [-0.1, -0.05) is 19.1 Å². The van der Waals surface area contributed by atoms with Crippen LogP contribution in [0.2, 0.25) is 0 Å². The molecule has 3 saturated carbocycles. The molecular formula is C24H34O2. The number of rotatable bonds is 1. The first-order valence-electron chi connectivity index (χ1n) is 11.2. The quantitative estimate of drug-likeness (QED) is 0.571. The van der Waals surface area contributed by atoms with E-state index < -0.39 is 0 Å². The average molecular weight is 355 g/mol. The first-order valence-corrected chi connectivity index (χ1v) is 11.2. The Labute approximate surface area is 158 Å². The highest BCUT2D eigenvalue weighted by Gasteiger charge is 2.65. The summed E-state index contributed by atoms with van der Waals surface area (Å²) < 4.78 is 6.65. The third kappa shape index (κ3) is 2.11. The van der Waals surface area contributed by atoms with E-state index in [0.29, 0.717) is 17.1 Å². The van der Waals surface area contributed by atoms with Gasteiger partial charge in [-0.3, -0.25) is 4.79 Å². The number of carbonyl (C=O) groups excluding carboxylic acids is 1. The van der Waals surface area contributed by atoms with Gasteiger partial charge >= 0.3 is 0 Å². The normalized spacial score (nSPS) is 48.0. The second-order valence-corrected chi connectivity index (χ2v) is 9.77. The molecule has 4 fully saturated rings. The fourth-order valence-electron chi connectivity index (χ4n) is 8.30. The lowest BCUT2D eigenvalue weighted by Crippen LogP contribution is -2.56. The van der Waals surface area contributed by atoms with Gasteiger partial charge in [0.2, 0.25) is 0 Å². The minimum atomic E-state index is -0.0196. The molecule has 0 bridgehead atoms. The summed E-state index contributed by atoms with van der Waals surface area (Å²) in [7, 11) is 0. The van der Waals surface area contributed by atoms with Crippen LogP contribution in [-0.2, 0) is 9.53 Å². The Morgan fingerprint density at radius 2 is 2.00 bits per heavy atom. The van der Waals surface area contributed by atoms with Crippen LogP contribution >= 0.6 is 0 Å². The van der Waals surface area contributed by atoms with E-state index in [2.05, 4.69) is 13.5 Å². The SMILES string of the molecule is C=C1CCCOC12CC[C@H]1[C@@H]3CCC4=CC(=O)CC[C@@H]4[C@H]3CC[C@@]12CC. The maximum Gasteiger partial charge on any atom is 0.155 e. The minimum absolute atomic E-state index is 0.0196. The number of fused-ring (bicyclic) bond motifs is 6. The highest BCUT2D eigenvalue weighted by molar-refractivity contribution is 5.91. The number of allylic oxidation sites excluding steroid dienone is 1. The van der Waals surface area contributed by atoms with Crippen molar-refractivity contribution in [3.63, 3.8) is 0 Å². The molecule has 0 radical (unpaired) electrons. The molecule has 0 amide bonds. The Hall–Kier alpha value is -0.890. The lowest BCUT2D eigenvalue weighted by atomic mass is 9.48. The predicted octanol–water partition coefficient (Wildman–Crippen LogP) is 5.62. The van der Waals surface area contributed by atoms with Crippen LogP contribution in [0.3, 0.4) is 0 Å². The Morgan fingerprint density at radius 1 is 1.12 bits per heavy atom. The monoisotopic (exact) mass is 354 g/mol. The van der Waals surface area contributed by atoms with Gasteiger partial charge in [-0.2, -0.15) is 0 Å². The van der Waals surface area contributed by atoms with E-state index in [4.69, 9.17) is 4.74 Å². The van der Waals surface area contributed by atoms with Crippen LogP contribution in [0.5, 0.6) is 0 Å². The van der Waals surface area contributed by atoms with Gasteiger partial charge in [-0.25, -0.2) is 0 Å². The van der Waals surface area contributed by atoms with Gasteiger partial charge in [-0.05, 0) is 99.5 Å². The number of hydrogen-bond acceptors (Lipinski definition) is 2. The van der Waals surface area contributed by atoms with E-state index >= 15 is 0 Å². The Morgan fingerprint density at radius 3 is 2.81 bits per heavy atom. The van der Waals surface area contributed by atoms with Gasteiger partial charge in [0.25, 0.3) is 0 Å². The maximum atomic E-state index is 11.9. The van der Waals surface area contributed by atoms with Crippen LogP contribution in [0.1, 0.15) is 77.6 Å². The Balaban J connectivity index is 1.49. The summed E-state index contributed by atoms with van der Waals surface area (Å²) in [6.45, 7) is 7.89. The maximum absolute atomic E-state index is 11.9. The summed E-state index contributed by atoms with van der Waals surface area (Å²) in [4.78, 5) is 11.9. The number of hydrogen-bond donors (Lipinski definition) is 0. The summed E-state index contributed by atoms with van der Waals surface area (Å²) in [6, 6.07) is 0. The molecular weight excluding hydrogens is 320 g/mol. The summed E-state index contributed by atoms with van der Waals surface area (Å²) >= 11 is 0. The van der Waals surface area contributed by atoms with Gasteiger partial charge in [0.05, 0.1) is 5.60 Å². The molecule has 1 heterocycles. The highest BCUT2D eigenvalue weighted by Crippen LogP contribution is 2.69. The molecule has 1 unspecified atom stereocenters. The van der Waals surface area contributed by atoms with Crippen LogP contribution in [0, 0.1) is 29.1 Å². The second kappa shape index (κ2) is 6.06. The van der Waals surface area contributed by atoms with E-state index in [1.807, 2.05) is 6.08 Å². The summed E-state index contributed by atoms with van der Waals surface area (Å²) in [5.74, 6) is 3.55. The Kier molecular flexibility index (Phi) is 4.01. The zero-order valence-electron chi connectivity index (χ0n) is 16.4. The standard InChI is InChI=1S/C24H34O2/c1-3-23-12-10-20-19-9-7-18(25)15-17(19)6-8-21(20)22(23)11-13-24(23)16(2)5-4-14-26-24/h15,19-22H,2-14H2,1H3/t19-,20+,21+,22-,23-,24?/m0/s1. The van der Waals surface area contributed by atoms with E-state index in [-0.39, 0.29) is 5.60 Å². The first-order chi connectivity index (χ1) is 12.6. The fourth-order valence-corrected chi connectivity index (χ4v) is 8.30. The van der Waals surface area contributed by atoms with Crippen molar-refractivity contribution in [2.75, 3.05) is 6.61 Å². The molecule has 1 aliphatic heterocycles. The van der Waals surface area contributed by atoms with Gasteiger partial charge in [0.15, 0.2) is 5.78 Å². The molecule has 4 aliphatic carbocycles. The average Bonchev–Trinajstić information content (AvgIpc) is 2.99. The molecule has 1 spiro atoms. The molecule has 5 aliphatic rings. The topological polar surface area (TPSA) is 26.3 Å². The summed E-state index contributed by atoms with van der Waals surface area (Å²) in [5.41, 5.74) is 3.22. The van der Waals surface area contributed by atoms with Crippen LogP contribution in [0.15, 0.2) is 23.8 Å². The van der Waals surface area contributed by atoms with Gasteiger partial charge in [-0.15, -0.1) is 0 Å². The van der Waals surface area contributed by atoms with Crippen molar-refractivity contribution in [3.8, 4) is 0 Å². The molecule has 0 N–H and O–H groups in total. The third-order valence-electron chi connectivity index (χ3n) is 9.29. The van der Waals surface area contributed by atoms with Crippen molar-refractivity contribution < 1.29 is 9.53 Å². The zero-order valence-corrected chi connectivity index (χ0v) is 16.4. The molecule has 6 atom stereocenters.